The molecule has 1 aromatic carbocycles. The Balaban J connectivity index is 2.61. The minimum Gasteiger partial charge on any atom is -0.490 e. The molecule has 3 nitrogen and oxygen atoms in total. The van der Waals surface area contributed by atoms with E-state index in [1.165, 1.54) is 19.3 Å². The minimum absolute atomic E-state index is 0.153. The van der Waals surface area contributed by atoms with Crippen molar-refractivity contribution >= 4 is 5.78 Å². The Morgan fingerprint density at radius 3 is 2.50 bits per heavy atom. The van der Waals surface area contributed by atoms with Crippen molar-refractivity contribution in [1.29, 1.82) is 0 Å². The van der Waals surface area contributed by atoms with Gasteiger partial charge >= 0.3 is 0 Å². The van der Waals surface area contributed by atoms with E-state index in [0.717, 1.165) is 23.5 Å². The van der Waals surface area contributed by atoms with E-state index in [1.807, 2.05) is 25.1 Å². The third kappa shape index (κ3) is 6.09. The van der Waals surface area contributed by atoms with Crippen LogP contribution in [0.3, 0.4) is 0 Å². The third-order valence-corrected chi connectivity index (χ3v) is 3.02. The highest BCUT2D eigenvalue weighted by Crippen LogP contribution is 2.29. The van der Waals surface area contributed by atoms with Crippen molar-refractivity contribution in [1.82, 2.24) is 0 Å². The molecule has 1 aromatic rings. The van der Waals surface area contributed by atoms with Crippen LogP contribution in [0.1, 0.15) is 52.0 Å². The van der Waals surface area contributed by atoms with E-state index in [1.54, 1.807) is 6.92 Å². The Morgan fingerprint density at radius 2 is 1.85 bits per heavy atom. The molecule has 3 heteroatoms. The maximum absolute atomic E-state index is 11.2. The highest BCUT2D eigenvalue weighted by molar-refractivity contribution is 5.78. The standard InChI is InChI=1S/C17H26O3/c1-4-6-7-8-11-20-16-10-9-15(12-14(3)18)13-17(16)19-5-2/h9-10,13H,4-8,11-12H2,1-3H3. The highest BCUT2D eigenvalue weighted by atomic mass is 16.5. The van der Waals surface area contributed by atoms with Gasteiger partial charge in [-0.05, 0) is 38.0 Å². The monoisotopic (exact) mass is 278 g/mol. The number of carbonyl (C=O) groups is 1. The van der Waals surface area contributed by atoms with Crippen LogP contribution in [0.2, 0.25) is 0 Å². The second-order valence-electron chi connectivity index (χ2n) is 5.00. The van der Waals surface area contributed by atoms with Crippen LogP contribution in [0, 0.1) is 0 Å². The Kier molecular flexibility index (Phi) is 7.78. The Bertz CT molecular complexity index is 413. The number of ether oxygens (including phenoxy) is 2. The molecule has 0 heterocycles. The van der Waals surface area contributed by atoms with E-state index in [-0.39, 0.29) is 5.78 Å². The number of Topliss-reactive ketones (excluding diaryl/α,β-unsaturated/α-hetero) is 1. The van der Waals surface area contributed by atoms with Gasteiger partial charge in [-0.25, -0.2) is 0 Å². The lowest BCUT2D eigenvalue weighted by Crippen LogP contribution is -2.03. The smallest absolute Gasteiger partial charge is 0.161 e. The average Bonchev–Trinajstić information content (AvgIpc) is 2.40. The summed E-state index contributed by atoms with van der Waals surface area (Å²) in [5, 5.41) is 0. The lowest BCUT2D eigenvalue weighted by Gasteiger charge is -2.13. The van der Waals surface area contributed by atoms with E-state index in [0.29, 0.717) is 19.6 Å². The predicted octanol–water partition coefficient (Wildman–Crippen LogP) is 4.18. The van der Waals surface area contributed by atoms with E-state index in [9.17, 15) is 4.79 Å². The van der Waals surface area contributed by atoms with Crippen LogP contribution >= 0.6 is 0 Å². The van der Waals surface area contributed by atoms with Gasteiger partial charge in [0.1, 0.15) is 5.78 Å². The van der Waals surface area contributed by atoms with Gasteiger partial charge in [-0.3, -0.25) is 4.79 Å². The topological polar surface area (TPSA) is 35.5 Å². The second kappa shape index (κ2) is 9.40. The largest absolute Gasteiger partial charge is 0.490 e. The van der Waals surface area contributed by atoms with Gasteiger partial charge in [0, 0.05) is 6.42 Å². The third-order valence-electron chi connectivity index (χ3n) is 3.02. The number of benzene rings is 1. The predicted molar refractivity (Wildman–Crippen MR) is 81.6 cm³/mol. The molecule has 0 aliphatic heterocycles. The van der Waals surface area contributed by atoms with Crippen LogP contribution in [0.5, 0.6) is 11.5 Å². The van der Waals surface area contributed by atoms with Crippen molar-refractivity contribution in [2.45, 2.75) is 52.9 Å². The molecule has 0 bridgehead atoms. The summed E-state index contributed by atoms with van der Waals surface area (Å²) in [6.45, 7) is 7.05. The first-order valence-corrected chi connectivity index (χ1v) is 7.55. The van der Waals surface area contributed by atoms with Gasteiger partial charge < -0.3 is 9.47 Å². The average molecular weight is 278 g/mol. The number of hydrogen-bond acceptors (Lipinski definition) is 3. The summed E-state index contributed by atoms with van der Waals surface area (Å²) < 4.78 is 11.4. The molecule has 0 N–H and O–H groups in total. The highest BCUT2D eigenvalue weighted by Gasteiger charge is 2.07. The first-order valence-electron chi connectivity index (χ1n) is 7.55. The molecule has 112 valence electrons. The quantitative estimate of drug-likeness (QED) is 0.602. The summed E-state index contributed by atoms with van der Waals surface area (Å²) in [6, 6.07) is 5.75. The molecular formula is C17H26O3. The lowest BCUT2D eigenvalue weighted by molar-refractivity contribution is -0.116. The first kappa shape index (κ1) is 16.5. The molecule has 0 atom stereocenters. The molecule has 0 aliphatic rings. The van der Waals surface area contributed by atoms with E-state index < -0.39 is 0 Å². The molecule has 0 radical (unpaired) electrons. The molecule has 0 saturated heterocycles. The van der Waals surface area contributed by atoms with Crippen molar-refractivity contribution in [3.63, 3.8) is 0 Å². The van der Waals surface area contributed by atoms with Crippen LogP contribution in [0.25, 0.3) is 0 Å². The fourth-order valence-electron chi connectivity index (χ4n) is 2.05. The van der Waals surface area contributed by atoms with Crippen molar-refractivity contribution in [3.05, 3.63) is 23.8 Å². The van der Waals surface area contributed by atoms with Gasteiger partial charge in [-0.15, -0.1) is 0 Å². The number of ketones is 1. The van der Waals surface area contributed by atoms with Gasteiger partial charge in [-0.1, -0.05) is 32.3 Å². The van der Waals surface area contributed by atoms with Crippen molar-refractivity contribution in [2.75, 3.05) is 13.2 Å². The molecule has 1 rings (SSSR count). The van der Waals surface area contributed by atoms with Crippen molar-refractivity contribution in [2.24, 2.45) is 0 Å². The summed E-state index contributed by atoms with van der Waals surface area (Å²) in [6.07, 6.45) is 5.18. The minimum atomic E-state index is 0.153. The van der Waals surface area contributed by atoms with Crippen LogP contribution in [0.15, 0.2) is 18.2 Å². The first-order chi connectivity index (χ1) is 9.67. The fraction of sp³-hybridized carbons (Fsp3) is 0.588. The normalized spacial score (nSPS) is 10.3. The zero-order valence-electron chi connectivity index (χ0n) is 12.9. The van der Waals surface area contributed by atoms with E-state index in [2.05, 4.69) is 6.92 Å². The fourth-order valence-corrected chi connectivity index (χ4v) is 2.05. The molecular weight excluding hydrogens is 252 g/mol. The Labute approximate surface area is 122 Å². The van der Waals surface area contributed by atoms with Gasteiger partial charge in [-0.2, -0.15) is 0 Å². The molecule has 0 unspecified atom stereocenters. The Hall–Kier alpha value is -1.51. The van der Waals surface area contributed by atoms with Gasteiger partial charge in [0.25, 0.3) is 0 Å². The molecule has 0 saturated carbocycles. The number of rotatable bonds is 10. The van der Waals surface area contributed by atoms with Gasteiger partial charge in [0.05, 0.1) is 13.2 Å². The number of carbonyl (C=O) groups excluding carboxylic acids is 1. The molecule has 20 heavy (non-hydrogen) atoms. The second-order valence-corrected chi connectivity index (χ2v) is 5.00. The number of hydrogen-bond donors (Lipinski definition) is 0. The maximum atomic E-state index is 11.2. The maximum Gasteiger partial charge on any atom is 0.161 e. The zero-order chi connectivity index (χ0) is 14.8. The van der Waals surface area contributed by atoms with Crippen LogP contribution in [0.4, 0.5) is 0 Å². The summed E-state index contributed by atoms with van der Waals surface area (Å²) >= 11 is 0. The molecule has 0 amide bonds. The Morgan fingerprint density at radius 1 is 1.05 bits per heavy atom. The zero-order valence-corrected chi connectivity index (χ0v) is 12.9. The van der Waals surface area contributed by atoms with Crippen molar-refractivity contribution in [3.8, 4) is 11.5 Å². The summed E-state index contributed by atoms with van der Waals surface area (Å²) in [5.41, 5.74) is 0.972. The molecule has 0 aromatic heterocycles. The summed E-state index contributed by atoms with van der Waals surface area (Å²) in [7, 11) is 0. The lowest BCUT2D eigenvalue weighted by atomic mass is 10.1. The summed E-state index contributed by atoms with van der Waals surface area (Å²) in [5.74, 6) is 1.66. The van der Waals surface area contributed by atoms with Crippen LogP contribution in [-0.2, 0) is 11.2 Å². The molecule has 0 aliphatic carbocycles. The SMILES string of the molecule is CCCCCCOc1ccc(CC(C)=O)cc1OCC. The van der Waals surface area contributed by atoms with Crippen LogP contribution < -0.4 is 9.47 Å². The number of unbranched alkanes of at least 4 members (excludes halogenated alkanes) is 3. The van der Waals surface area contributed by atoms with E-state index >= 15 is 0 Å². The molecule has 0 fully saturated rings. The van der Waals surface area contributed by atoms with E-state index in [4.69, 9.17) is 9.47 Å². The van der Waals surface area contributed by atoms with Crippen molar-refractivity contribution < 1.29 is 14.3 Å². The summed E-state index contributed by atoms with van der Waals surface area (Å²) in [4.78, 5) is 11.2. The van der Waals surface area contributed by atoms with Gasteiger partial charge in [0.15, 0.2) is 11.5 Å². The van der Waals surface area contributed by atoms with Gasteiger partial charge in [0.2, 0.25) is 0 Å². The molecule has 0 spiro atoms. The van der Waals surface area contributed by atoms with Crippen LogP contribution in [-0.4, -0.2) is 19.0 Å².